The number of fused-ring (bicyclic) bond motifs is 5. The van der Waals surface area contributed by atoms with E-state index >= 15 is 0 Å². The van der Waals surface area contributed by atoms with Gasteiger partial charge in [0.1, 0.15) is 5.75 Å². The topological polar surface area (TPSA) is 85.3 Å². The summed E-state index contributed by atoms with van der Waals surface area (Å²) in [4.78, 5) is 36.9. The number of carbonyl (C=O) groups is 3. The number of hydrogen-bond acceptors (Lipinski definition) is 6. The van der Waals surface area contributed by atoms with E-state index in [2.05, 4.69) is 9.84 Å². The van der Waals surface area contributed by atoms with E-state index in [1.165, 1.54) is 13.3 Å². The maximum Gasteiger partial charge on any atom is 0.346 e. The highest BCUT2D eigenvalue weighted by molar-refractivity contribution is 6.06. The molecule has 1 saturated carbocycles. The van der Waals surface area contributed by atoms with Crippen LogP contribution in [0, 0.1) is 23.7 Å². The molecule has 7 nitrogen and oxygen atoms in total. The average molecular weight is 368 g/mol. The molecule has 2 aliphatic carbocycles. The molecule has 0 N–H and O–H groups in total. The van der Waals surface area contributed by atoms with Crippen LogP contribution < -0.4 is 4.74 Å². The van der Waals surface area contributed by atoms with Crippen LogP contribution in [0.3, 0.4) is 0 Å². The largest absolute Gasteiger partial charge is 0.478 e. The van der Waals surface area contributed by atoms with Gasteiger partial charge in [0.15, 0.2) is 6.10 Å². The third kappa shape index (κ3) is 2.83. The molecule has 7 heteroatoms. The number of amides is 2. The van der Waals surface area contributed by atoms with Gasteiger partial charge in [-0.25, -0.2) is 4.79 Å². The molecule has 4 rings (SSSR count). The Morgan fingerprint density at radius 2 is 1.81 bits per heavy atom. The standard InChI is InChI=1S/C20H20N2O5/c1-11(20(25)26-2)27-15-6-4-3-5-14(15)10-21-22-18(23)16-12-7-8-13(9-12)17(16)19(22)24/h3-8,10-13,16-17H,9H2,1-2H3/t11-,12-,13-,16-,17+/m0/s1. The summed E-state index contributed by atoms with van der Waals surface area (Å²) in [5.74, 6) is -0.825. The number of hydrogen-bond donors (Lipinski definition) is 0. The second-order valence-corrected chi connectivity index (χ2v) is 7.05. The Bertz CT molecular complexity index is 832. The zero-order valence-electron chi connectivity index (χ0n) is 15.1. The number of para-hydroxylation sites is 1. The van der Waals surface area contributed by atoms with Crippen molar-refractivity contribution < 1.29 is 23.9 Å². The van der Waals surface area contributed by atoms with E-state index in [9.17, 15) is 14.4 Å². The molecule has 2 fully saturated rings. The number of benzene rings is 1. The third-order valence-electron chi connectivity index (χ3n) is 5.52. The fourth-order valence-corrected chi connectivity index (χ4v) is 4.22. The van der Waals surface area contributed by atoms with Crippen molar-refractivity contribution in [1.82, 2.24) is 5.01 Å². The minimum atomic E-state index is -0.791. The summed E-state index contributed by atoms with van der Waals surface area (Å²) in [7, 11) is 1.29. The van der Waals surface area contributed by atoms with Gasteiger partial charge in [-0.15, -0.1) is 0 Å². The lowest BCUT2D eigenvalue weighted by molar-refractivity contribution is -0.148. The van der Waals surface area contributed by atoms with Crippen molar-refractivity contribution in [2.24, 2.45) is 28.8 Å². The van der Waals surface area contributed by atoms with Crippen molar-refractivity contribution in [3.05, 3.63) is 42.0 Å². The van der Waals surface area contributed by atoms with Gasteiger partial charge in [0, 0.05) is 5.56 Å². The Labute approximate surface area is 156 Å². The van der Waals surface area contributed by atoms with Crippen LogP contribution in [0.5, 0.6) is 5.75 Å². The van der Waals surface area contributed by atoms with Crippen LogP contribution >= 0.6 is 0 Å². The van der Waals surface area contributed by atoms with Crippen molar-refractivity contribution in [2.75, 3.05) is 7.11 Å². The van der Waals surface area contributed by atoms with Gasteiger partial charge in [-0.3, -0.25) is 9.59 Å². The lowest BCUT2D eigenvalue weighted by Crippen LogP contribution is -2.28. The number of carbonyl (C=O) groups excluding carboxylic acids is 3. The van der Waals surface area contributed by atoms with Gasteiger partial charge >= 0.3 is 5.97 Å². The predicted octanol–water partition coefficient (Wildman–Crippen LogP) is 1.77. The SMILES string of the molecule is COC(=O)[C@H](C)Oc1ccccc1C=NN1C(=O)[C@@H]2[C@H](C1=O)[C@H]1C=C[C@H]2C1. The molecule has 3 aliphatic rings. The summed E-state index contributed by atoms with van der Waals surface area (Å²) in [6, 6.07) is 6.97. The molecule has 1 saturated heterocycles. The van der Waals surface area contributed by atoms with Crippen molar-refractivity contribution in [3.63, 3.8) is 0 Å². The summed E-state index contributed by atoms with van der Waals surface area (Å²) in [5, 5.41) is 5.14. The first-order valence-electron chi connectivity index (χ1n) is 8.95. The molecule has 1 aromatic rings. The molecule has 0 aromatic heterocycles. The zero-order valence-corrected chi connectivity index (χ0v) is 15.1. The Morgan fingerprint density at radius 3 is 2.44 bits per heavy atom. The molecule has 5 atom stereocenters. The first kappa shape index (κ1) is 17.5. The van der Waals surface area contributed by atoms with Crippen molar-refractivity contribution in [1.29, 1.82) is 0 Å². The van der Waals surface area contributed by atoms with Crippen LogP contribution in [0.2, 0.25) is 0 Å². The number of methoxy groups -OCH3 is 1. The van der Waals surface area contributed by atoms with Gasteiger partial charge in [-0.1, -0.05) is 24.3 Å². The quantitative estimate of drug-likeness (QED) is 0.342. The summed E-state index contributed by atoms with van der Waals surface area (Å²) in [5.41, 5.74) is 0.562. The maximum atomic E-state index is 12.7. The van der Waals surface area contributed by atoms with E-state index < -0.39 is 12.1 Å². The van der Waals surface area contributed by atoms with Gasteiger partial charge in [0.2, 0.25) is 0 Å². The summed E-state index contributed by atoms with van der Waals surface area (Å²) in [6.07, 6.45) is 5.60. The fraction of sp³-hybridized carbons (Fsp3) is 0.400. The first-order valence-corrected chi connectivity index (χ1v) is 8.95. The Balaban J connectivity index is 1.53. The van der Waals surface area contributed by atoms with E-state index in [1.807, 2.05) is 12.2 Å². The monoisotopic (exact) mass is 368 g/mol. The van der Waals surface area contributed by atoms with Crippen LogP contribution in [-0.2, 0) is 19.1 Å². The van der Waals surface area contributed by atoms with Crippen molar-refractivity contribution in [2.45, 2.75) is 19.4 Å². The molecule has 0 spiro atoms. The van der Waals surface area contributed by atoms with E-state index in [0.717, 1.165) is 11.4 Å². The smallest absolute Gasteiger partial charge is 0.346 e. The average Bonchev–Trinajstić information content (AvgIpc) is 3.35. The van der Waals surface area contributed by atoms with Crippen LogP contribution in [0.15, 0.2) is 41.5 Å². The van der Waals surface area contributed by atoms with Gasteiger partial charge < -0.3 is 9.47 Å². The molecule has 1 heterocycles. The van der Waals surface area contributed by atoms with Crippen molar-refractivity contribution in [3.8, 4) is 5.75 Å². The van der Waals surface area contributed by atoms with Crippen LogP contribution in [0.1, 0.15) is 18.9 Å². The van der Waals surface area contributed by atoms with Gasteiger partial charge in [-0.2, -0.15) is 10.1 Å². The Morgan fingerprint density at radius 1 is 1.19 bits per heavy atom. The van der Waals surface area contributed by atoms with Crippen LogP contribution in [-0.4, -0.2) is 42.2 Å². The van der Waals surface area contributed by atoms with Crippen LogP contribution in [0.4, 0.5) is 0 Å². The molecule has 27 heavy (non-hydrogen) atoms. The fourth-order valence-electron chi connectivity index (χ4n) is 4.22. The second-order valence-electron chi connectivity index (χ2n) is 7.05. The predicted molar refractivity (Wildman–Crippen MR) is 95.7 cm³/mol. The van der Waals surface area contributed by atoms with E-state index in [0.29, 0.717) is 11.3 Å². The molecule has 0 unspecified atom stereocenters. The molecule has 140 valence electrons. The summed E-state index contributed by atoms with van der Waals surface area (Å²) < 4.78 is 10.3. The zero-order chi connectivity index (χ0) is 19.1. The lowest BCUT2D eigenvalue weighted by atomic mass is 9.85. The number of allylic oxidation sites excluding steroid dienone is 2. The molecular formula is C20H20N2O5. The number of rotatable bonds is 5. The van der Waals surface area contributed by atoms with Gasteiger partial charge in [-0.05, 0) is 37.3 Å². The molecule has 1 aromatic carbocycles. The first-order chi connectivity index (χ1) is 13.0. The lowest BCUT2D eigenvalue weighted by Gasteiger charge is -2.15. The number of nitrogens with zero attached hydrogens (tertiary/aromatic N) is 2. The molecule has 1 aliphatic heterocycles. The number of ether oxygens (including phenoxy) is 2. The molecular weight excluding hydrogens is 348 g/mol. The Kier molecular flexibility index (Phi) is 4.30. The normalized spacial score (nSPS) is 29.5. The highest BCUT2D eigenvalue weighted by Gasteiger charge is 2.59. The summed E-state index contributed by atoms with van der Waals surface area (Å²) in [6.45, 7) is 1.58. The molecule has 2 bridgehead atoms. The van der Waals surface area contributed by atoms with Crippen molar-refractivity contribution >= 4 is 24.0 Å². The molecule has 2 amide bonds. The summed E-state index contributed by atoms with van der Waals surface area (Å²) >= 11 is 0. The minimum Gasteiger partial charge on any atom is -0.478 e. The minimum absolute atomic E-state index is 0.146. The highest BCUT2D eigenvalue weighted by atomic mass is 16.6. The maximum absolute atomic E-state index is 12.7. The third-order valence-corrected chi connectivity index (χ3v) is 5.52. The Hall–Kier alpha value is -2.96. The molecule has 0 radical (unpaired) electrons. The van der Waals surface area contributed by atoms with E-state index in [1.54, 1.807) is 31.2 Å². The van der Waals surface area contributed by atoms with E-state index in [-0.39, 0.29) is 35.5 Å². The highest BCUT2D eigenvalue weighted by Crippen LogP contribution is 2.52. The number of imide groups is 1. The van der Waals surface area contributed by atoms with Gasteiger partial charge in [0.25, 0.3) is 11.8 Å². The second kappa shape index (κ2) is 6.64. The van der Waals surface area contributed by atoms with Gasteiger partial charge in [0.05, 0.1) is 25.2 Å². The number of hydrazone groups is 1. The van der Waals surface area contributed by atoms with Crippen LogP contribution in [0.25, 0.3) is 0 Å². The number of esters is 1. The van der Waals surface area contributed by atoms with E-state index in [4.69, 9.17) is 4.74 Å².